The van der Waals surface area contributed by atoms with E-state index >= 15 is 0 Å². The van der Waals surface area contributed by atoms with Crippen LogP contribution in [0.1, 0.15) is 41.5 Å². The van der Waals surface area contributed by atoms with Crippen molar-refractivity contribution in [3.8, 4) is 5.75 Å². The lowest BCUT2D eigenvalue weighted by Gasteiger charge is -2.24. The van der Waals surface area contributed by atoms with Crippen LogP contribution in [-0.4, -0.2) is 20.2 Å². The number of aryl methyl sites for hydroxylation is 2. The molecule has 0 saturated heterocycles. The average molecular weight is 313 g/mol. The molecule has 2 aromatic carbocycles. The van der Waals surface area contributed by atoms with Crippen molar-refractivity contribution in [2.24, 2.45) is 0 Å². The predicted octanol–water partition coefficient (Wildman–Crippen LogP) is 4.06. The molecule has 1 aliphatic rings. The maximum absolute atomic E-state index is 13.7. The maximum atomic E-state index is 13.7. The Kier molecular flexibility index (Phi) is 4.67. The minimum absolute atomic E-state index is 0.146. The summed E-state index contributed by atoms with van der Waals surface area (Å²) in [6, 6.07) is 12.0. The highest BCUT2D eigenvalue weighted by molar-refractivity contribution is 5.47. The van der Waals surface area contributed by atoms with Crippen molar-refractivity contribution in [2.75, 3.05) is 14.2 Å². The standard InChI is InChI=1S/C20H24FNO/c1-13(22-2)10-20-18-8-6-16(21)11-14(18)4-5-15-12-17(23-3)7-9-19(15)20/h6-9,11-13,20,22H,4-5,10H2,1-3H3. The van der Waals surface area contributed by atoms with E-state index in [2.05, 4.69) is 24.4 Å². The van der Waals surface area contributed by atoms with Crippen LogP contribution in [0.25, 0.3) is 0 Å². The third-order valence-electron chi connectivity index (χ3n) is 4.95. The summed E-state index contributed by atoms with van der Waals surface area (Å²) in [7, 11) is 3.69. The Morgan fingerprint density at radius 3 is 2.43 bits per heavy atom. The molecule has 0 aliphatic heterocycles. The molecule has 0 radical (unpaired) electrons. The van der Waals surface area contributed by atoms with Gasteiger partial charge in [0.25, 0.3) is 0 Å². The Bertz CT molecular complexity index is 698. The Balaban J connectivity index is 2.10. The summed E-state index contributed by atoms with van der Waals surface area (Å²) < 4.78 is 19.1. The van der Waals surface area contributed by atoms with E-state index in [-0.39, 0.29) is 11.7 Å². The molecule has 2 aromatic rings. The van der Waals surface area contributed by atoms with Crippen LogP contribution < -0.4 is 10.1 Å². The lowest BCUT2D eigenvalue weighted by atomic mass is 9.83. The van der Waals surface area contributed by atoms with Gasteiger partial charge in [0.2, 0.25) is 0 Å². The van der Waals surface area contributed by atoms with E-state index in [0.29, 0.717) is 6.04 Å². The highest BCUT2D eigenvalue weighted by Crippen LogP contribution is 2.38. The first-order valence-corrected chi connectivity index (χ1v) is 8.24. The van der Waals surface area contributed by atoms with Crippen LogP contribution in [0.3, 0.4) is 0 Å². The first kappa shape index (κ1) is 16.0. The van der Waals surface area contributed by atoms with Gasteiger partial charge >= 0.3 is 0 Å². The van der Waals surface area contributed by atoms with Gasteiger partial charge in [0, 0.05) is 12.0 Å². The summed E-state index contributed by atoms with van der Waals surface area (Å²) in [6.07, 6.45) is 2.79. The van der Waals surface area contributed by atoms with Crippen molar-refractivity contribution in [2.45, 2.75) is 38.1 Å². The van der Waals surface area contributed by atoms with Crippen molar-refractivity contribution in [3.63, 3.8) is 0 Å². The van der Waals surface area contributed by atoms with Gasteiger partial charge in [-0.3, -0.25) is 0 Å². The molecule has 1 aliphatic carbocycles. The fourth-order valence-electron chi connectivity index (χ4n) is 3.56. The number of rotatable bonds is 4. The average Bonchev–Trinajstić information content (AvgIpc) is 2.71. The molecule has 122 valence electrons. The zero-order chi connectivity index (χ0) is 16.4. The van der Waals surface area contributed by atoms with Gasteiger partial charge in [0.05, 0.1) is 7.11 Å². The first-order valence-electron chi connectivity index (χ1n) is 8.24. The molecule has 0 bridgehead atoms. The number of hydrogen-bond donors (Lipinski definition) is 1. The van der Waals surface area contributed by atoms with Gasteiger partial charge in [-0.1, -0.05) is 12.1 Å². The van der Waals surface area contributed by atoms with Crippen molar-refractivity contribution >= 4 is 0 Å². The molecule has 23 heavy (non-hydrogen) atoms. The van der Waals surface area contributed by atoms with E-state index in [9.17, 15) is 4.39 Å². The second-order valence-electron chi connectivity index (χ2n) is 6.39. The third-order valence-corrected chi connectivity index (χ3v) is 4.95. The molecule has 1 N–H and O–H groups in total. The number of ether oxygens (including phenoxy) is 1. The summed E-state index contributed by atoms with van der Waals surface area (Å²) >= 11 is 0. The number of hydrogen-bond acceptors (Lipinski definition) is 2. The van der Waals surface area contributed by atoms with Gasteiger partial charge in [-0.2, -0.15) is 0 Å². The molecule has 0 spiro atoms. The van der Waals surface area contributed by atoms with Crippen LogP contribution in [0.5, 0.6) is 5.75 Å². The zero-order valence-electron chi connectivity index (χ0n) is 14.0. The molecule has 2 nitrogen and oxygen atoms in total. The number of fused-ring (bicyclic) bond motifs is 2. The Morgan fingerprint density at radius 2 is 1.78 bits per heavy atom. The predicted molar refractivity (Wildman–Crippen MR) is 91.8 cm³/mol. The highest BCUT2D eigenvalue weighted by Gasteiger charge is 2.25. The molecule has 0 heterocycles. The molecule has 0 amide bonds. The van der Waals surface area contributed by atoms with Gasteiger partial charge in [0.1, 0.15) is 11.6 Å². The molecular formula is C20H24FNO. The first-order chi connectivity index (χ1) is 11.1. The zero-order valence-corrected chi connectivity index (χ0v) is 14.0. The van der Waals surface area contributed by atoms with E-state index in [1.165, 1.54) is 16.7 Å². The summed E-state index contributed by atoms with van der Waals surface area (Å²) in [6.45, 7) is 2.19. The Hall–Kier alpha value is -1.87. The lowest BCUT2D eigenvalue weighted by molar-refractivity contribution is 0.414. The van der Waals surface area contributed by atoms with E-state index in [4.69, 9.17) is 4.74 Å². The largest absolute Gasteiger partial charge is 0.497 e. The van der Waals surface area contributed by atoms with Crippen LogP contribution in [0.2, 0.25) is 0 Å². The fraction of sp³-hybridized carbons (Fsp3) is 0.400. The van der Waals surface area contributed by atoms with Crippen LogP contribution in [-0.2, 0) is 12.8 Å². The van der Waals surface area contributed by atoms with Gasteiger partial charge in [-0.25, -0.2) is 4.39 Å². The second-order valence-corrected chi connectivity index (χ2v) is 6.39. The minimum Gasteiger partial charge on any atom is -0.497 e. The molecular weight excluding hydrogens is 289 g/mol. The minimum atomic E-state index is -0.146. The van der Waals surface area contributed by atoms with Gasteiger partial charge < -0.3 is 10.1 Å². The van der Waals surface area contributed by atoms with Crippen molar-refractivity contribution < 1.29 is 9.13 Å². The Morgan fingerprint density at radius 1 is 1.13 bits per heavy atom. The summed E-state index contributed by atoms with van der Waals surface area (Å²) in [5, 5.41) is 3.33. The SMILES string of the molecule is CNC(C)CC1c2ccc(F)cc2CCc2cc(OC)ccc21. The molecule has 0 fully saturated rings. The Labute approximate surface area is 137 Å². The molecule has 0 saturated carbocycles. The molecule has 2 atom stereocenters. The van der Waals surface area contributed by atoms with Crippen molar-refractivity contribution in [3.05, 3.63) is 64.5 Å². The fourth-order valence-corrected chi connectivity index (χ4v) is 3.56. The highest BCUT2D eigenvalue weighted by atomic mass is 19.1. The summed E-state index contributed by atoms with van der Waals surface area (Å²) in [4.78, 5) is 0. The van der Waals surface area contributed by atoms with Crippen LogP contribution in [0.4, 0.5) is 4.39 Å². The van der Waals surface area contributed by atoms with Gasteiger partial charge in [-0.05, 0) is 79.8 Å². The number of halogens is 1. The van der Waals surface area contributed by atoms with Crippen molar-refractivity contribution in [1.29, 1.82) is 0 Å². The number of benzene rings is 2. The third kappa shape index (κ3) is 3.25. The molecule has 3 heteroatoms. The topological polar surface area (TPSA) is 21.3 Å². The van der Waals surface area contributed by atoms with Gasteiger partial charge in [-0.15, -0.1) is 0 Å². The van der Waals surface area contributed by atoms with Crippen molar-refractivity contribution in [1.82, 2.24) is 5.32 Å². The smallest absolute Gasteiger partial charge is 0.123 e. The molecule has 2 unspecified atom stereocenters. The maximum Gasteiger partial charge on any atom is 0.123 e. The summed E-state index contributed by atoms with van der Waals surface area (Å²) in [5.74, 6) is 1.03. The second kappa shape index (κ2) is 6.71. The van der Waals surface area contributed by atoms with E-state index < -0.39 is 0 Å². The number of methoxy groups -OCH3 is 1. The molecule has 3 rings (SSSR count). The quantitative estimate of drug-likeness (QED) is 0.919. The monoisotopic (exact) mass is 313 g/mol. The normalized spacial score (nSPS) is 17.8. The van der Waals surface area contributed by atoms with E-state index in [0.717, 1.165) is 30.6 Å². The van der Waals surface area contributed by atoms with E-state index in [1.54, 1.807) is 19.2 Å². The van der Waals surface area contributed by atoms with Crippen LogP contribution in [0.15, 0.2) is 36.4 Å². The van der Waals surface area contributed by atoms with E-state index in [1.807, 2.05) is 19.2 Å². The summed E-state index contributed by atoms with van der Waals surface area (Å²) in [5.41, 5.74) is 5.05. The van der Waals surface area contributed by atoms with Crippen LogP contribution >= 0.6 is 0 Å². The molecule has 0 aromatic heterocycles. The number of nitrogens with one attached hydrogen (secondary N) is 1. The lowest BCUT2D eigenvalue weighted by Crippen LogP contribution is -2.24. The van der Waals surface area contributed by atoms with Gasteiger partial charge in [0.15, 0.2) is 0 Å². The van der Waals surface area contributed by atoms with Crippen LogP contribution in [0, 0.1) is 5.82 Å².